The van der Waals surface area contributed by atoms with Crippen LogP contribution in [-0.2, 0) is 9.59 Å². The standard InChI is InChI=1S/C19H26O2/c1-18-9-7-13(20)11-12(18)3-4-14-15-5-6-17(21)19(15,2)10-8-16(14)18/h11,14-16H,3-10H2,1-2H3/t14?,15?,16?,18-,19-/m0/s1/i1D3. The molecule has 0 aromatic carbocycles. The van der Waals surface area contributed by atoms with Crippen LogP contribution in [0.1, 0.15) is 69.3 Å². The predicted molar refractivity (Wildman–Crippen MR) is 81.7 cm³/mol. The van der Waals surface area contributed by atoms with E-state index in [2.05, 4.69) is 6.92 Å². The molecule has 2 nitrogen and oxygen atoms in total. The van der Waals surface area contributed by atoms with Crippen molar-refractivity contribution in [1.29, 1.82) is 0 Å². The molecule has 0 aromatic heterocycles. The summed E-state index contributed by atoms with van der Waals surface area (Å²) in [4.78, 5) is 24.4. The Bertz CT molecular complexity index is 635. The quantitative estimate of drug-likeness (QED) is 0.673. The van der Waals surface area contributed by atoms with Crippen molar-refractivity contribution < 1.29 is 13.7 Å². The van der Waals surface area contributed by atoms with E-state index in [9.17, 15) is 9.59 Å². The highest BCUT2D eigenvalue weighted by molar-refractivity contribution is 5.91. The number of hydrogen-bond acceptors (Lipinski definition) is 2. The lowest BCUT2D eigenvalue weighted by Crippen LogP contribution is -2.50. The van der Waals surface area contributed by atoms with Crippen LogP contribution in [0.15, 0.2) is 11.6 Å². The molecular weight excluding hydrogens is 260 g/mol. The Morgan fingerprint density at radius 1 is 1.05 bits per heavy atom. The summed E-state index contributed by atoms with van der Waals surface area (Å²) in [5, 5.41) is 0. The molecule has 2 heteroatoms. The van der Waals surface area contributed by atoms with Gasteiger partial charge in [0.15, 0.2) is 5.78 Å². The molecule has 0 amide bonds. The average molecular weight is 289 g/mol. The summed E-state index contributed by atoms with van der Waals surface area (Å²) in [6.07, 6.45) is 7.33. The van der Waals surface area contributed by atoms with Gasteiger partial charge >= 0.3 is 0 Å². The van der Waals surface area contributed by atoms with Crippen molar-refractivity contribution in [2.45, 2.75) is 65.1 Å². The van der Waals surface area contributed by atoms with E-state index in [1.54, 1.807) is 6.08 Å². The summed E-state index contributed by atoms with van der Waals surface area (Å²) in [5.74, 6) is 1.22. The largest absolute Gasteiger partial charge is 0.299 e. The van der Waals surface area contributed by atoms with Crippen LogP contribution in [-0.4, -0.2) is 11.6 Å². The van der Waals surface area contributed by atoms with Crippen LogP contribution in [0.4, 0.5) is 0 Å². The molecule has 0 radical (unpaired) electrons. The number of ketones is 2. The number of rotatable bonds is 0. The third kappa shape index (κ3) is 1.71. The van der Waals surface area contributed by atoms with E-state index in [-0.39, 0.29) is 17.1 Å². The van der Waals surface area contributed by atoms with Gasteiger partial charge in [-0.2, -0.15) is 0 Å². The minimum Gasteiger partial charge on any atom is -0.299 e. The van der Waals surface area contributed by atoms with E-state index in [0.29, 0.717) is 43.3 Å². The zero-order valence-corrected chi connectivity index (χ0v) is 12.8. The molecule has 0 aliphatic heterocycles. The minimum atomic E-state index is -2.07. The zero-order valence-electron chi connectivity index (χ0n) is 15.8. The fraction of sp³-hybridized carbons (Fsp3) is 0.789. The molecule has 0 saturated heterocycles. The first-order chi connectivity index (χ1) is 11.2. The molecule has 0 spiro atoms. The Labute approximate surface area is 131 Å². The van der Waals surface area contributed by atoms with Gasteiger partial charge < -0.3 is 0 Å². The Morgan fingerprint density at radius 2 is 1.86 bits per heavy atom. The summed E-state index contributed by atoms with van der Waals surface area (Å²) in [5.41, 5.74) is -0.174. The first-order valence-electron chi connectivity index (χ1n) is 9.97. The second kappa shape index (κ2) is 4.30. The minimum absolute atomic E-state index is 0.0833. The number of fused-ring (bicyclic) bond motifs is 5. The van der Waals surface area contributed by atoms with E-state index < -0.39 is 12.3 Å². The highest BCUT2D eigenvalue weighted by Crippen LogP contribution is 2.64. The van der Waals surface area contributed by atoms with Crippen LogP contribution in [0.25, 0.3) is 0 Å². The highest BCUT2D eigenvalue weighted by atomic mass is 16.1. The van der Waals surface area contributed by atoms with Crippen molar-refractivity contribution in [2.75, 3.05) is 0 Å². The Balaban J connectivity index is 1.79. The van der Waals surface area contributed by atoms with Crippen LogP contribution in [0, 0.1) is 28.6 Å². The zero-order chi connectivity index (χ0) is 17.3. The molecule has 21 heavy (non-hydrogen) atoms. The molecule has 0 bridgehead atoms. The van der Waals surface area contributed by atoms with Gasteiger partial charge in [0.1, 0.15) is 5.78 Å². The van der Waals surface area contributed by atoms with Gasteiger partial charge in [0.25, 0.3) is 0 Å². The van der Waals surface area contributed by atoms with E-state index >= 15 is 0 Å². The summed E-state index contributed by atoms with van der Waals surface area (Å²) in [7, 11) is 0. The molecule has 0 N–H and O–H groups in total. The van der Waals surface area contributed by atoms with Crippen molar-refractivity contribution >= 4 is 11.6 Å². The van der Waals surface area contributed by atoms with Gasteiger partial charge in [-0.05, 0) is 67.8 Å². The fourth-order valence-electron chi connectivity index (χ4n) is 5.99. The molecule has 4 aliphatic carbocycles. The van der Waals surface area contributed by atoms with Gasteiger partial charge in [0.2, 0.25) is 0 Å². The summed E-state index contributed by atoms with van der Waals surface area (Å²) in [6.45, 7) is 0.0419. The lowest BCUT2D eigenvalue weighted by atomic mass is 9.47. The normalized spacial score (nSPS) is 52.0. The smallest absolute Gasteiger partial charge is 0.155 e. The van der Waals surface area contributed by atoms with Crippen molar-refractivity contribution in [3.63, 3.8) is 0 Å². The van der Waals surface area contributed by atoms with Gasteiger partial charge in [-0.3, -0.25) is 9.59 Å². The highest BCUT2D eigenvalue weighted by Gasteiger charge is 2.58. The van der Waals surface area contributed by atoms with Gasteiger partial charge in [-0.15, -0.1) is 0 Å². The molecule has 4 aliphatic rings. The molecule has 4 rings (SSSR count). The van der Waals surface area contributed by atoms with Crippen LogP contribution >= 0.6 is 0 Å². The molecule has 5 atom stereocenters. The van der Waals surface area contributed by atoms with Crippen LogP contribution in [0.3, 0.4) is 0 Å². The maximum atomic E-state index is 12.4. The van der Waals surface area contributed by atoms with Gasteiger partial charge in [-0.25, -0.2) is 0 Å². The monoisotopic (exact) mass is 289 g/mol. The molecule has 3 saturated carbocycles. The van der Waals surface area contributed by atoms with E-state index in [4.69, 9.17) is 4.11 Å². The van der Waals surface area contributed by atoms with Gasteiger partial charge in [0, 0.05) is 22.4 Å². The van der Waals surface area contributed by atoms with Crippen LogP contribution in [0.2, 0.25) is 0 Å². The number of carbonyl (C=O) groups is 2. The second-order valence-electron chi connectivity index (χ2n) is 7.94. The first kappa shape index (κ1) is 10.7. The molecule has 3 unspecified atom stereocenters. The Hall–Kier alpha value is -0.920. The Kier molecular flexibility index (Phi) is 2.20. The average Bonchev–Trinajstić information content (AvgIpc) is 2.81. The Morgan fingerprint density at radius 3 is 2.67 bits per heavy atom. The molecule has 0 heterocycles. The molecular formula is C19H26O2. The maximum Gasteiger partial charge on any atom is 0.155 e. The molecule has 3 fully saturated rings. The summed E-state index contributed by atoms with van der Waals surface area (Å²) in [6, 6.07) is 0. The third-order valence-corrected chi connectivity index (χ3v) is 7.20. The topological polar surface area (TPSA) is 34.1 Å². The SMILES string of the molecule is [2H]C([2H])([2H])[C@]12CCC(=O)C=C1CCC1C3CCC(=O)[C@@]3(C)CCC12. The maximum absolute atomic E-state index is 12.4. The van der Waals surface area contributed by atoms with E-state index in [1.165, 1.54) is 0 Å². The lowest BCUT2D eigenvalue weighted by Gasteiger charge is -2.56. The van der Waals surface area contributed by atoms with Crippen LogP contribution < -0.4 is 0 Å². The fourth-order valence-corrected chi connectivity index (χ4v) is 5.99. The third-order valence-electron chi connectivity index (χ3n) is 7.20. The number of allylic oxidation sites excluding steroid dienone is 1. The van der Waals surface area contributed by atoms with E-state index in [1.807, 2.05) is 0 Å². The number of hydrogen-bond donors (Lipinski definition) is 0. The molecule has 0 aromatic rings. The summed E-state index contributed by atoms with van der Waals surface area (Å²) < 4.78 is 25.0. The van der Waals surface area contributed by atoms with Gasteiger partial charge in [-0.1, -0.05) is 19.3 Å². The van der Waals surface area contributed by atoms with Crippen LogP contribution in [0.5, 0.6) is 0 Å². The summed E-state index contributed by atoms with van der Waals surface area (Å²) >= 11 is 0. The number of Topliss-reactive ketones (excluding diaryl/α,β-unsaturated/α-hetero) is 1. The predicted octanol–water partition coefficient (Wildman–Crippen LogP) is 4.09. The molecule has 114 valence electrons. The van der Waals surface area contributed by atoms with Crippen molar-refractivity contribution in [2.24, 2.45) is 28.6 Å². The lowest BCUT2D eigenvalue weighted by molar-refractivity contribution is -0.132. The van der Waals surface area contributed by atoms with Crippen molar-refractivity contribution in [3.05, 3.63) is 11.6 Å². The second-order valence-corrected chi connectivity index (χ2v) is 7.94. The van der Waals surface area contributed by atoms with Crippen molar-refractivity contribution in [1.82, 2.24) is 0 Å². The van der Waals surface area contributed by atoms with Gasteiger partial charge in [0.05, 0.1) is 0 Å². The van der Waals surface area contributed by atoms with Crippen molar-refractivity contribution in [3.8, 4) is 0 Å². The first-order valence-corrected chi connectivity index (χ1v) is 8.47. The number of carbonyl (C=O) groups excluding carboxylic acids is 2. The van der Waals surface area contributed by atoms with E-state index in [0.717, 1.165) is 31.3 Å².